The monoisotopic (exact) mass is 373 g/mol. The van der Waals surface area contributed by atoms with Crippen molar-refractivity contribution in [1.29, 1.82) is 0 Å². The first-order valence-corrected chi connectivity index (χ1v) is 8.74. The number of halogens is 2. The van der Waals surface area contributed by atoms with Gasteiger partial charge in [-0.15, -0.1) is 0 Å². The van der Waals surface area contributed by atoms with E-state index in [1.807, 2.05) is 23.1 Å². The molecule has 1 aliphatic heterocycles. The number of amides is 1. The van der Waals surface area contributed by atoms with Crippen molar-refractivity contribution >= 4 is 17.3 Å². The first kappa shape index (κ1) is 18.8. The molecule has 0 atom stereocenters. The zero-order valence-corrected chi connectivity index (χ0v) is 15.0. The van der Waals surface area contributed by atoms with Crippen molar-refractivity contribution in [2.45, 2.75) is 26.4 Å². The van der Waals surface area contributed by atoms with Crippen LogP contribution in [0.4, 0.5) is 14.5 Å². The molecular weight excluding hydrogens is 352 g/mol. The molecule has 1 heterocycles. The molecule has 0 unspecified atom stereocenters. The largest absolute Gasteiger partial charge is 0.435 e. The van der Waals surface area contributed by atoms with Crippen molar-refractivity contribution in [3.63, 3.8) is 0 Å². The molecule has 3 rings (SSSR count). The minimum atomic E-state index is -2.88. The van der Waals surface area contributed by atoms with Gasteiger partial charge in [-0.2, -0.15) is 13.9 Å². The molecule has 1 N–H and O–H groups in total. The van der Waals surface area contributed by atoms with Crippen LogP contribution >= 0.6 is 0 Å². The zero-order valence-electron chi connectivity index (χ0n) is 15.0. The molecule has 0 spiro atoms. The number of carbonyl (C=O) groups excluding carboxylic acids is 1. The van der Waals surface area contributed by atoms with Crippen LogP contribution in [0.2, 0.25) is 0 Å². The molecule has 0 fully saturated rings. The highest BCUT2D eigenvalue weighted by Crippen LogP contribution is 2.26. The second-order valence-electron chi connectivity index (χ2n) is 6.29. The highest BCUT2D eigenvalue weighted by molar-refractivity contribution is 5.99. The Morgan fingerprint density at radius 2 is 2.07 bits per heavy atom. The number of benzene rings is 2. The predicted octanol–water partition coefficient (Wildman–Crippen LogP) is 3.58. The fraction of sp³-hybridized carbons (Fsp3) is 0.300. The third-order valence-electron chi connectivity index (χ3n) is 4.37. The Balaban J connectivity index is 1.62. The van der Waals surface area contributed by atoms with Crippen LogP contribution in [0, 0.1) is 0 Å². The Bertz CT molecular complexity index is 839. The van der Waals surface area contributed by atoms with Crippen LogP contribution in [-0.4, -0.2) is 31.3 Å². The lowest BCUT2D eigenvalue weighted by Gasteiger charge is -2.30. The number of fused-ring (bicyclic) bond motifs is 1. The number of nitrogens with zero attached hydrogens (tertiary/aromatic N) is 2. The normalized spacial score (nSPS) is 14.1. The van der Waals surface area contributed by atoms with Gasteiger partial charge >= 0.3 is 6.61 Å². The van der Waals surface area contributed by atoms with Gasteiger partial charge in [-0.05, 0) is 43.5 Å². The summed E-state index contributed by atoms with van der Waals surface area (Å²) in [4.78, 5) is 14.3. The van der Waals surface area contributed by atoms with Crippen molar-refractivity contribution in [2.75, 3.05) is 18.0 Å². The van der Waals surface area contributed by atoms with Crippen LogP contribution < -0.4 is 15.1 Å². The third-order valence-corrected chi connectivity index (χ3v) is 4.37. The lowest BCUT2D eigenvalue weighted by atomic mass is 10.0. The van der Waals surface area contributed by atoms with Crippen LogP contribution in [0.15, 0.2) is 53.6 Å². The molecule has 7 heteroatoms. The van der Waals surface area contributed by atoms with E-state index in [1.54, 1.807) is 19.1 Å². The molecule has 0 saturated heterocycles. The molecule has 0 bridgehead atoms. The standard InChI is InChI=1S/C20H21F2N3O2/c1-14(16-7-4-9-17(12-16)27-20(21)22)23-24-19(26)13-25-11-5-8-15-6-2-3-10-18(15)25/h2-4,6-7,9-10,12,20H,5,8,11,13H2,1H3,(H,24,26)/b23-14-. The Morgan fingerprint density at radius 3 is 2.89 bits per heavy atom. The van der Waals surface area contributed by atoms with Gasteiger partial charge in [0.2, 0.25) is 0 Å². The van der Waals surface area contributed by atoms with E-state index < -0.39 is 6.61 Å². The number of alkyl halides is 2. The molecule has 1 aliphatic rings. The SMILES string of the molecule is C/C(=N/NC(=O)CN1CCCc2ccccc21)c1cccc(OC(F)F)c1. The van der Waals surface area contributed by atoms with Crippen LogP contribution in [0.3, 0.4) is 0 Å². The topological polar surface area (TPSA) is 53.9 Å². The molecule has 27 heavy (non-hydrogen) atoms. The molecule has 0 aliphatic carbocycles. The Morgan fingerprint density at radius 1 is 1.26 bits per heavy atom. The fourth-order valence-corrected chi connectivity index (χ4v) is 3.09. The van der Waals surface area contributed by atoms with Crippen molar-refractivity contribution in [2.24, 2.45) is 5.10 Å². The fourth-order valence-electron chi connectivity index (χ4n) is 3.09. The summed E-state index contributed by atoms with van der Waals surface area (Å²) < 4.78 is 29.0. The van der Waals surface area contributed by atoms with Gasteiger partial charge in [-0.25, -0.2) is 5.43 Å². The molecule has 2 aromatic carbocycles. The van der Waals surface area contributed by atoms with Crippen molar-refractivity contribution in [3.8, 4) is 5.75 Å². The molecule has 0 aromatic heterocycles. The van der Waals surface area contributed by atoms with Gasteiger partial charge in [-0.1, -0.05) is 30.3 Å². The Kier molecular flexibility index (Phi) is 6.01. The minimum absolute atomic E-state index is 0.0494. The number of hydrogen-bond acceptors (Lipinski definition) is 4. The summed E-state index contributed by atoms with van der Waals surface area (Å²) >= 11 is 0. The smallest absolute Gasteiger partial charge is 0.387 e. The molecule has 2 aromatic rings. The molecule has 1 amide bonds. The molecular formula is C20H21F2N3O2. The van der Waals surface area contributed by atoms with Crippen molar-refractivity contribution in [1.82, 2.24) is 5.43 Å². The second-order valence-corrected chi connectivity index (χ2v) is 6.29. The summed E-state index contributed by atoms with van der Waals surface area (Å²) in [5, 5.41) is 4.08. The number of para-hydroxylation sites is 1. The number of carbonyl (C=O) groups is 1. The van der Waals surface area contributed by atoms with E-state index in [9.17, 15) is 13.6 Å². The number of nitrogens with one attached hydrogen (secondary N) is 1. The van der Waals surface area contributed by atoms with E-state index in [0.717, 1.165) is 25.1 Å². The van der Waals surface area contributed by atoms with Crippen LogP contribution in [0.5, 0.6) is 5.75 Å². The summed E-state index contributed by atoms with van der Waals surface area (Å²) in [6.45, 7) is -0.162. The van der Waals surface area contributed by atoms with Gasteiger partial charge in [0.15, 0.2) is 0 Å². The number of hydrogen-bond donors (Lipinski definition) is 1. The minimum Gasteiger partial charge on any atom is -0.435 e. The van der Waals surface area contributed by atoms with Crippen LogP contribution in [-0.2, 0) is 11.2 Å². The number of hydrazone groups is 1. The van der Waals surface area contributed by atoms with Gasteiger partial charge in [-0.3, -0.25) is 4.79 Å². The zero-order chi connectivity index (χ0) is 19.2. The third kappa shape index (κ3) is 5.03. The van der Waals surface area contributed by atoms with Gasteiger partial charge in [0, 0.05) is 17.8 Å². The predicted molar refractivity (Wildman–Crippen MR) is 100 cm³/mol. The molecule has 0 saturated carbocycles. The average Bonchev–Trinajstić information content (AvgIpc) is 2.66. The number of ether oxygens (including phenoxy) is 1. The highest BCUT2D eigenvalue weighted by Gasteiger charge is 2.18. The van der Waals surface area contributed by atoms with Gasteiger partial charge < -0.3 is 9.64 Å². The van der Waals surface area contributed by atoms with E-state index in [-0.39, 0.29) is 18.2 Å². The first-order chi connectivity index (χ1) is 13.0. The Hall–Kier alpha value is -2.96. The van der Waals surface area contributed by atoms with Crippen LogP contribution in [0.25, 0.3) is 0 Å². The van der Waals surface area contributed by atoms with E-state index in [2.05, 4.69) is 21.3 Å². The summed E-state index contributed by atoms with van der Waals surface area (Å²) in [6, 6.07) is 14.3. The Labute approximate surface area is 156 Å². The van der Waals surface area contributed by atoms with E-state index in [1.165, 1.54) is 17.7 Å². The van der Waals surface area contributed by atoms with E-state index >= 15 is 0 Å². The maximum atomic E-state index is 12.3. The number of aryl methyl sites for hydroxylation is 1. The molecule has 0 radical (unpaired) electrons. The first-order valence-electron chi connectivity index (χ1n) is 8.74. The van der Waals surface area contributed by atoms with Gasteiger partial charge in [0.25, 0.3) is 5.91 Å². The summed E-state index contributed by atoms with van der Waals surface area (Å²) in [5.74, 6) is -0.181. The molecule has 142 valence electrons. The summed E-state index contributed by atoms with van der Waals surface area (Å²) in [7, 11) is 0. The highest BCUT2D eigenvalue weighted by atomic mass is 19.3. The maximum Gasteiger partial charge on any atom is 0.387 e. The van der Waals surface area contributed by atoms with Crippen LogP contribution in [0.1, 0.15) is 24.5 Å². The number of rotatable bonds is 6. The quantitative estimate of drug-likeness (QED) is 0.622. The maximum absolute atomic E-state index is 12.3. The average molecular weight is 373 g/mol. The van der Waals surface area contributed by atoms with Crippen molar-refractivity contribution in [3.05, 3.63) is 59.7 Å². The number of anilines is 1. The summed E-state index contributed by atoms with van der Waals surface area (Å²) in [5.41, 5.74) is 5.96. The molecule has 5 nitrogen and oxygen atoms in total. The van der Waals surface area contributed by atoms with Crippen molar-refractivity contribution < 1.29 is 18.3 Å². The lowest BCUT2D eigenvalue weighted by Crippen LogP contribution is -2.38. The van der Waals surface area contributed by atoms with Gasteiger partial charge in [0.1, 0.15) is 5.75 Å². The lowest BCUT2D eigenvalue weighted by molar-refractivity contribution is -0.119. The second kappa shape index (κ2) is 8.62. The summed E-state index contributed by atoms with van der Waals surface area (Å²) in [6.07, 6.45) is 2.02. The van der Waals surface area contributed by atoms with E-state index in [4.69, 9.17) is 0 Å². The van der Waals surface area contributed by atoms with Gasteiger partial charge in [0.05, 0.1) is 12.3 Å². The van der Waals surface area contributed by atoms with E-state index in [0.29, 0.717) is 11.3 Å².